The molecule has 60 heavy (non-hydrogen) atoms. The molecule has 4 heterocycles. The van der Waals surface area contributed by atoms with Crippen LogP contribution in [-0.4, -0.2) is 32.8 Å². The second-order valence-electron chi connectivity index (χ2n) is 17.9. The van der Waals surface area contributed by atoms with Crippen LogP contribution in [0.1, 0.15) is 87.2 Å². The Morgan fingerprint density at radius 3 is 2.13 bits per heavy atom. The number of hydrogen-bond acceptors (Lipinski definition) is 4. The van der Waals surface area contributed by atoms with Crippen molar-refractivity contribution in [3.05, 3.63) is 149 Å². The van der Waals surface area contributed by atoms with Gasteiger partial charge in [0.2, 0.25) is 5.71 Å². The molecule has 0 unspecified atom stereocenters. The Balaban J connectivity index is 0.000000255. The third-order valence-electron chi connectivity index (χ3n) is 11.4. The number of aromatic nitrogens is 4. The molecule has 0 amide bonds. The Labute approximate surface area is 371 Å². The van der Waals surface area contributed by atoms with Gasteiger partial charge >= 0.3 is 106 Å². The second-order valence-corrected chi connectivity index (χ2v) is 28.5. The average Bonchev–Trinajstić information content (AvgIpc) is 3.79. The molecular formula is C53H54GeIrN4O-2. The number of aryl methyl sites for hydroxylation is 2. The van der Waals surface area contributed by atoms with Crippen LogP contribution in [0.2, 0.25) is 17.3 Å². The van der Waals surface area contributed by atoms with Crippen LogP contribution in [0.3, 0.4) is 0 Å². The van der Waals surface area contributed by atoms with Crippen molar-refractivity contribution in [1.29, 1.82) is 0 Å². The van der Waals surface area contributed by atoms with Gasteiger partial charge in [-0.1, -0.05) is 95.8 Å². The number of hydrogen-bond donors (Lipinski definition) is 0. The molecule has 7 heteroatoms. The smallest absolute Gasteiger partial charge is 0.216 e. The van der Waals surface area contributed by atoms with Gasteiger partial charge < -0.3 is 8.98 Å². The molecule has 307 valence electrons. The van der Waals surface area contributed by atoms with Crippen molar-refractivity contribution in [2.45, 2.75) is 90.4 Å². The van der Waals surface area contributed by atoms with Crippen LogP contribution in [-0.2, 0) is 20.1 Å². The van der Waals surface area contributed by atoms with Crippen molar-refractivity contribution in [2.75, 3.05) is 0 Å². The van der Waals surface area contributed by atoms with Gasteiger partial charge in [0.25, 0.3) is 0 Å². The quantitative estimate of drug-likeness (QED) is 0.118. The van der Waals surface area contributed by atoms with E-state index in [-0.39, 0.29) is 20.1 Å². The maximum absolute atomic E-state index is 6.63. The number of rotatable bonds is 7. The standard InChI is InChI=1S/C38H36N3O.C15H18GeN.Ir/c1-21(2)29-20-25-12-8-9-13-26(25)33(23(5)6)35(29)41-32-15-11-10-14-31(32)39-37(41)28-17-16-24(7)34-27-18-19-30(22(3)4)40-38(27)42-36(28)34;1-12-5-7-13(8-6-12)15-10-9-14(11-17-15)16(2,3)4;/h8-16,18-23H,1-7H3;5-7,9-11H,1-4H3;/q2*-1;. The maximum Gasteiger partial charge on any atom is 0.216 e. The third-order valence-corrected chi connectivity index (χ3v) is 15.6. The predicted octanol–water partition coefficient (Wildman–Crippen LogP) is 14.0. The summed E-state index contributed by atoms with van der Waals surface area (Å²) in [5.74, 6) is 8.91. The number of furan rings is 1. The third kappa shape index (κ3) is 8.14. The van der Waals surface area contributed by atoms with Crippen LogP contribution in [0, 0.1) is 26.0 Å². The van der Waals surface area contributed by atoms with E-state index in [9.17, 15) is 0 Å². The normalized spacial score (nSPS) is 11.9. The van der Waals surface area contributed by atoms with Gasteiger partial charge in [-0.2, -0.15) is 0 Å². The molecule has 0 saturated heterocycles. The number of benzene rings is 5. The van der Waals surface area contributed by atoms with Gasteiger partial charge in [0.05, 0.1) is 22.4 Å². The minimum atomic E-state index is -1.73. The summed E-state index contributed by atoms with van der Waals surface area (Å²) in [6.07, 6.45) is 2.04. The first-order valence-electron chi connectivity index (χ1n) is 20.9. The van der Waals surface area contributed by atoms with E-state index in [0.717, 1.165) is 61.3 Å². The van der Waals surface area contributed by atoms with Gasteiger partial charge in [-0.15, -0.1) is 17.7 Å². The van der Waals surface area contributed by atoms with E-state index in [1.807, 2.05) is 12.3 Å². The molecule has 9 rings (SSSR count). The largest absolute Gasteiger partial charge is 0.486 e. The molecule has 1 radical (unpaired) electrons. The number of fused-ring (bicyclic) bond motifs is 5. The van der Waals surface area contributed by atoms with Gasteiger partial charge in [0.1, 0.15) is 0 Å². The first-order valence-corrected chi connectivity index (χ1v) is 28.3. The Morgan fingerprint density at radius 2 is 1.47 bits per heavy atom. The molecule has 0 N–H and O–H groups in total. The van der Waals surface area contributed by atoms with Gasteiger partial charge in [-0.3, -0.25) is 4.98 Å². The number of nitrogens with zero attached hydrogens (tertiary/aromatic N) is 4. The predicted molar refractivity (Wildman–Crippen MR) is 251 cm³/mol. The molecule has 0 saturated carbocycles. The second kappa shape index (κ2) is 17.2. The van der Waals surface area contributed by atoms with E-state index in [2.05, 4.69) is 191 Å². The van der Waals surface area contributed by atoms with Crippen molar-refractivity contribution in [3.63, 3.8) is 0 Å². The minimum absolute atomic E-state index is 0. The molecule has 0 aliphatic rings. The Morgan fingerprint density at radius 1 is 0.717 bits per heavy atom. The topological polar surface area (TPSA) is 56.7 Å². The SMILES string of the molecule is Cc1c[c-]c(-c2cc[c]([Ge]([CH3])([CH3])[CH3])cn2)cc1.Cc1c[c-]c(-c2nc3ccccc3n2-c2c(C(C)C)cc3ccccc3c2C(C)C)c2oc3nc(C(C)C)ccc3c12.[Ir]. The first-order chi connectivity index (χ1) is 28.2. The molecule has 0 bridgehead atoms. The van der Waals surface area contributed by atoms with E-state index in [1.54, 1.807) is 0 Å². The fourth-order valence-corrected chi connectivity index (χ4v) is 10.3. The van der Waals surface area contributed by atoms with Crippen LogP contribution in [0.5, 0.6) is 0 Å². The van der Waals surface area contributed by atoms with Gasteiger partial charge in [0.15, 0.2) is 0 Å². The Hall–Kier alpha value is -4.88. The molecule has 9 aromatic rings. The van der Waals surface area contributed by atoms with Crippen molar-refractivity contribution in [3.8, 4) is 28.3 Å². The van der Waals surface area contributed by atoms with Crippen LogP contribution in [0.25, 0.3) is 72.2 Å². The monoisotopic (exact) mass is 1030 g/mol. The molecule has 5 aromatic carbocycles. The molecule has 0 spiro atoms. The van der Waals surface area contributed by atoms with Crippen molar-refractivity contribution in [1.82, 2.24) is 19.5 Å². The maximum atomic E-state index is 6.63. The Kier molecular flexibility index (Phi) is 12.4. The number of pyridine rings is 2. The molecule has 0 aliphatic heterocycles. The van der Waals surface area contributed by atoms with E-state index in [1.165, 1.54) is 37.5 Å². The zero-order chi connectivity index (χ0) is 41.7. The van der Waals surface area contributed by atoms with Gasteiger partial charge in [0, 0.05) is 36.9 Å². The first kappa shape index (κ1) is 43.2. The summed E-state index contributed by atoms with van der Waals surface area (Å²) in [5, 5.41) is 4.66. The molecule has 0 fully saturated rings. The molecule has 0 atom stereocenters. The summed E-state index contributed by atoms with van der Waals surface area (Å²) >= 11 is -1.73. The summed E-state index contributed by atoms with van der Waals surface area (Å²) in [6, 6.07) is 43.3. The van der Waals surface area contributed by atoms with Gasteiger partial charge in [-0.25, -0.2) is 4.98 Å². The summed E-state index contributed by atoms with van der Waals surface area (Å²) in [7, 11) is 0. The van der Waals surface area contributed by atoms with Gasteiger partial charge in [-0.05, 0) is 70.0 Å². The fourth-order valence-electron chi connectivity index (χ4n) is 8.11. The van der Waals surface area contributed by atoms with E-state index in [0.29, 0.717) is 23.5 Å². The van der Waals surface area contributed by atoms with Crippen LogP contribution < -0.4 is 4.40 Å². The van der Waals surface area contributed by atoms with Crippen molar-refractivity contribution >= 4 is 61.5 Å². The zero-order valence-corrected chi connectivity index (χ0v) is 41.1. The average molecular weight is 1030 g/mol. The molecule has 0 aliphatic carbocycles. The van der Waals surface area contributed by atoms with Crippen molar-refractivity contribution < 1.29 is 24.5 Å². The van der Waals surface area contributed by atoms with E-state index in [4.69, 9.17) is 14.4 Å². The van der Waals surface area contributed by atoms with Crippen LogP contribution >= 0.6 is 0 Å². The molecule has 4 aromatic heterocycles. The van der Waals surface area contributed by atoms with E-state index >= 15 is 0 Å². The van der Waals surface area contributed by atoms with Crippen LogP contribution in [0.15, 0.2) is 114 Å². The number of imidazole rings is 1. The minimum Gasteiger partial charge on any atom is -0.486 e. The summed E-state index contributed by atoms with van der Waals surface area (Å²) in [6.45, 7) is 17.7. The zero-order valence-electron chi connectivity index (χ0n) is 36.7. The molecule has 5 nitrogen and oxygen atoms in total. The summed E-state index contributed by atoms with van der Waals surface area (Å²) in [5.41, 5.74) is 13.6. The van der Waals surface area contributed by atoms with E-state index < -0.39 is 13.3 Å². The van der Waals surface area contributed by atoms with Crippen LogP contribution in [0.4, 0.5) is 0 Å². The summed E-state index contributed by atoms with van der Waals surface area (Å²) in [4.78, 5) is 14.8. The molecular weight excluding hydrogens is 973 g/mol. The van der Waals surface area contributed by atoms with Crippen molar-refractivity contribution in [2.24, 2.45) is 0 Å². The fraction of sp³-hybridized carbons (Fsp3) is 0.264. The Bertz CT molecular complexity index is 2970. The number of para-hydroxylation sites is 2. The summed E-state index contributed by atoms with van der Waals surface area (Å²) < 4.78 is 10.4.